The number of thiol groups is 1. The first-order chi connectivity index (χ1) is 14.6. The number of esters is 1. The Hall–Kier alpha value is -1.31. The van der Waals surface area contributed by atoms with Crippen LogP contribution in [0.15, 0.2) is 29.2 Å². The summed E-state index contributed by atoms with van der Waals surface area (Å²) < 4.78 is 79.8. The number of unbranched alkanes of at least 4 members (excludes halogenated alkanes) is 1. The van der Waals surface area contributed by atoms with Gasteiger partial charge in [-0.3, -0.25) is 4.79 Å². The maximum absolute atomic E-state index is 15.6. The number of carbonyl (C=O) groups excluding carboxylic acids is 1. The molecule has 0 radical (unpaired) electrons. The van der Waals surface area contributed by atoms with E-state index in [4.69, 9.17) is 4.74 Å². The Labute approximate surface area is 185 Å². The molecule has 2 fully saturated rings. The van der Waals surface area contributed by atoms with Gasteiger partial charge < -0.3 is 4.74 Å². The van der Waals surface area contributed by atoms with Crippen molar-refractivity contribution in [3.05, 3.63) is 24.3 Å². The molecule has 31 heavy (non-hydrogen) atoms. The molecule has 5 atom stereocenters. The van der Waals surface area contributed by atoms with Crippen LogP contribution >= 0.6 is 12.6 Å². The second-order valence-corrected chi connectivity index (χ2v) is 9.41. The van der Waals surface area contributed by atoms with E-state index in [0.717, 1.165) is 0 Å². The molecule has 2 saturated carbocycles. The number of alkyl halides is 5. The van der Waals surface area contributed by atoms with Gasteiger partial charge in [-0.1, -0.05) is 19.8 Å². The van der Waals surface area contributed by atoms with Crippen molar-refractivity contribution in [1.82, 2.24) is 0 Å². The van der Waals surface area contributed by atoms with E-state index in [9.17, 15) is 22.4 Å². The van der Waals surface area contributed by atoms with Gasteiger partial charge in [0.05, 0.1) is 5.92 Å². The largest absolute Gasteiger partial charge is 0.426 e. The van der Waals surface area contributed by atoms with Gasteiger partial charge in [0.2, 0.25) is 0 Å². The maximum atomic E-state index is 15.6. The molecule has 8 heteroatoms. The molecule has 3 rings (SSSR count). The summed E-state index contributed by atoms with van der Waals surface area (Å²) in [6, 6.07) is 6.55. The van der Waals surface area contributed by atoms with E-state index in [2.05, 4.69) is 12.6 Å². The highest BCUT2D eigenvalue weighted by atomic mass is 32.1. The van der Waals surface area contributed by atoms with Gasteiger partial charge in [0.25, 0.3) is 0 Å². The molecule has 0 saturated heterocycles. The highest BCUT2D eigenvalue weighted by molar-refractivity contribution is 7.80. The molecular weight excluding hydrogens is 435 g/mol. The molecule has 0 N–H and O–H groups in total. The van der Waals surface area contributed by atoms with Gasteiger partial charge in [0, 0.05) is 11.3 Å². The predicted octanol–water partition coefficient (Wildman–Crippen LogP) is 6.71. The van der Waals surface area contributed by atoms with Crippen molar-refractivity contribution in [2.45, 2.75) is 93.0 Å². The first-order valence-corrected chi connectivity index (χ1v) is 11.4. The molecule has 0 aliphatic heterocycles. The Balaban J connectivity index is 1.61. The van der Waals surface area contributed by atoms with E-state index in [1.807, 2.05) is 0 Å². The van der Waals surface area contributed by atoms with Crippen molar-refractivity contribution in [2.24, 2.45) is 11.8 Å². The number of halogens is 5. The lowest BCUT2D eigenvalue weighted by molar-refractivity contribution is -0.177. The zero-order valence-electron chi connectivity index (χ0n) is 17.5. The van der Waals surface area contributed by atoms with Crippen LogP contribution in [0.4, 0.5) is 22.0 Å². The molecule has 2 aliphatic rings. The predicted molar refractivity (Wildman–Crippen MR) is 111 cm³/mol. The normalized spacial score (nSPS) is 38.6. The van der Waals surface area contributed by atoms with Gasteiger partial charge in [0.15, 0.2) is 23.7 Å². The summed E-state index contributed by atoms with van der Waals surface area (Å²) in [4.78, 5) is 13.1. The van der Waals surface area contributed by atoms with E-state index in [1.165, 1.54) is 0 Å². The molecular formula is C23H29F5O2S. The lowest BCUT2D eigenvalue weighted by Gasteiger charge is -2.49. The van der Waals surface area contributed by atoms with Crippen molar-refractivity contribution < 1.29 is 31.5 Å². The van der Waals surface area contributed by atoms with Crippen molar-refractivity contribution in [3.8, 4) is 5.75 Å². The first-order valence-electron chi connectivity index (χ1n) is 10.9. The molecule has 2 nitrogen and oxygen atoms in total. The number of carbonyl (C=O) groups is 1. The van der Waals surface area contributed by atoms with E-state index in [-0.39, 0.29) is 32.1 Å². The van der Waals surface area contributed by atoms with Crippen LogP contribution in [0.25, 0.3) is 0 Å². The molecule has 0 spiro atoms. The summed E-state index contributed by atoms with van der Waals surface area (Å²) in [6.07, 6.45) is -8.12. The topological polar surface area (TPSA) is 26.3 Å². The summed E-state index contributed by atoms with van der Waals surface area (Å²) in [5.41, 5.74) is -5.77. The molecule has 0 aromatic heterocycles. The Morgan fingerprint density at radius 1 is 1.06 bits per heavy atom. The minimum absolute atomic E-state index is 0.0833. The van der Waals surface area contributed by atoms with Crippen LogP contribution in [-0.2, 0) is 4.79 Å². The van der Waals surface area contributed by atoms with E-state index >= 15 is 4.39 Å². The Morgan fingerprint density at radius 3 is 2.26 bits per heavy atom. The molecule has 0 heterocycles. The molecule has 5 unspecified atom stereocenters. The Kier molecular flexibility index (Phi) is 7.59. The highest BCUT2D eigenvalue weighted by Crippen LogP contribution is 2.53. The fourth-order valence-corrected chi connectivity index (χ4v) is 5.02. The summed E-state index contributed by atoms with van der Waals surface area (Å²) in [6.45, 7) is 1.73. The van der Waals surface area contributed by atoms with Gasteiger partial charge in [0.1, 0.15) is 11.9 Å². The molecule has 1 aromatic carbocycles. The summed E-state index contributed by atoms with van der Waals surface area (Å²) >= 11 is 4.16. The zero-order valence-corrected chi connectivity index (χ0v) is 18.4. The monoisotopic (exact) mass is 464 g/mol. The average Bonchev–Trinajstić information content (AvgIpc) is 2.77. The summed E-state index contributed by atoms with van der Waals surface area (Å²) in [5, 5.41) is 0. The van der Waals surface area contributed by atoms with Crippen LogP contribution in [0.2, 0.25) is 0 Å². The molecule has 0 bridgehead atoms. The van der Waals surface area contributed by atoms with Crippen molar-refractivity contribution in [3.63, 3.8) is 0 Å². The quantitative estimate of drug-likeness (QED) is 0.219. The Morgan fingerprint density at radius 2 is 1.68 bits per heavy atom. The SMILES string of the molecule is CCCCC1(F)C(F)CC(F)(C2CCC(C(=O)Oc3ccc(S)cc3)CC2)C(F)C1F. The van der Waals surface area contributed by atoms with Crippen LogP contribution in [-0.4, -0.2) is 35.8 Å². The first kappa shape index (κ1) is 24.3. The summed E-state index contributed by atoms with van der Waals surface area (Å²) in [5.74, 6) is -1.60. The third-order valence-electron chi connectivity index (χ3n) is 6.89. The Bertz CT molecular complexity index is 755. The number of hydrogen-bond acceptors (Lipinski definition) is 3. The fraction of sp³-hybridized carbons (Fsp3) is 0.696. The lowest BCUT2D eigenvalue weighted by atomic mass is 9.63. The van der Waals surface area contributed by atoms with Crippen molar-refractivity contribution in [1.29, 1.82) is 0 Å². The number of hydrogen-bond donors (Lipinski definition) is 1. The smallest absolute Gasteiger partial charge is 0.314 e. The fourth-order valence-electron chi connectivity index (χ4n) is 4.87. The highest BCUT2D eigenvalue weighted by Gasteiger charge is 2.66. The maximum Gasteiger partial charge on any atom is 0.314 e. The van der Waals surface area contributed by atoms with Crippen LogP contribution in [0, 0.1) is 11.8 Å². The lowest BCUT2D eigenvalue weighted by Crippen LogP contribution is -2.64. The van der Waals surface area contributed by atoms with Gasteiger partial charge in [-0.25, -0.2) is 22.0 Å². The standard InChI is InChI=1S/C23H29F5O2S/c1-2-3-12-22(27)18(24)13-23(28,20(26)19(22)25)15-6-4-14(5-7-15)21(29)30-16-8-10-17(31)11-9-16/h8-11,14-15,18-20,31H,2-7,12-13H2,1H3. The molecule has 174 valence electrons. The third-order valence-corrected chi connectivity index (χ3v) is 7.19. The van der Waals surface area contributed by atoms with E-state index in [0.29, 0.717) is 17.1 Å². The molecule has 2 aliphatic carbocycles. The van der Waals surface area contributed by atoms with Crippen LogP contribution in [0.5, 0.6) is 5.75 Å². The summed E-state index contributed by atoms with van der Waals surface area (Å²) in [7, 11) is 0. The van der Waals surface area contributed by atoms with Gasteiger partial charge in [-0.15, -0.1) is 12.6 Å². The van der Waals surface area contributed by atoms with Gasteiger partial charge in [-0.05, 0) is 62.3 Å². The van der Waals surface area contributed by atoms with Crippen molar-refractivity contribution >= 4 is 18.6 Å². The van der Waals surface area contributed by atoms with Crippen LogP contribution in [0.3, 0.4) is 0 Å². The minimum Gasteiger partial charge on any atom is -0.426 e. The number of rotatable bonds is 6. The second-order valence-electron chi connectivity index (χ2n) is 8.90. The van der Waals surface area contributed by atoms with Crippen molar-refractivity contribution in [2.75, 3.05) is 0 Å². The van der Waals surface area contributed by atoms with E-state index in [1.54, 1.807) is 31.2 Å². The van der Waals surface area contributed by atoms with Crippen LogP contribution < -0.4 is 4.74 Å². The zero-order chi connectivity index (χ0) is 22.8. The average molecular weight is 465 g/mol. The van der Waals surface area contributed by atoms with E-state index < -0.39 is 60.5 Å². The number of benzene rings is 1. The minimum atomic E-state index is -2.99. The molecule has 0 amide bonds. The van der Waals surface area contributed by atoms with Crippen LogP contribution in [0.1, 0.15) is 58.3 Å². The number of ether oxygens (including phenoxy) is 1. The third kappa shape index (κ3) is 4.88. The molecule has 1 aromatic rings. The second kappa shape index (κ2) is 9.67. The van der Waals surface area contributed by atoms with Gasteiger partial charge in [-0.2, -0.15) is 0 Å². The van der Waals surface area contributed by atoms with Gasteiger partial charge >= 0.3 is 5.97 Å².